The molecule has 4 aromatic rings. The van der Waals surface area contributed by atoms with E-state index in [9.17, 15) is 4.79 Å². The topological polar surface area (TPSA) is 17.1 Å². The van der Waals surface area contributed by atoms with Gasteiger partial charge in [0.1, 0.15) is 0 Å². The van der Waals surface area contributed by atoms with E-state index >= 15 is 0 Å². The lowest BCUT2D eigenvalue weighted by Crippen LogP contribution is -1.88. The average Bonchev–Trinajstić information content (AvgIpc) is 2.93. The molecule has 4 aromatic carbocycles. The minimum atomic E-state index is 0.153. The minimum Gasteiger partial charge on any atom is -0.281 e. The molecule has 1 aliphatic rings. The number of carbonyl (C=O) groups is 1. The van der Waals surface area contributed by atoms with Gasteiger partial charge in [-0.15, -0.1) is 0 Å². The first-order valence-electron chi connectivity index (χ1n) is 7.59. The largest absolute Gasteiger partial charge is 0.281 e. The van der Waals surface area contributed by atoms with Gasteiger partial charge in [0, 0.05) is 15.8 Å². The standard InChI is InChI=1S/C21H12OS/c22-21-18-10-4-9-17-16(11-12-19(23-21)20(17)18)15-8-3-6-13-5-1-2-7-14(13)15/h1-12H. The molecule has 1 aliphatic heterocycles. The first-order chi connectivity index (χ1) is 11.3. The maximum Gasteiger partial charge on any atom is 0.224 e. The van der Waals surface area contributed by atoms with Crippen LogP contribution in [0, 0.1) is 0 Å². The summed E-state index contributed by atoms with van der Waals surface area (Å²) < 4.78 is 0. The second kappa shape index (κ2) is 4.71. The fourth-order valence-corrected chi connectivity index (χ4v) is 4.42. The van der Waals surface area contributed by atoms with Crippen molar-refractivity contribution in [2.75, 3.05) is 0 Å². The average molecular weight is 312 g/mol. The van der Waals surface area contributed by atoms with E-state index in [1.54, 1.807) is 0 Å². The van der Waals surface area contributed by atoms with Crippen molar-refractivity contribution >= 4 is 38.4 Å². The number of fused-ring (bicyclic) bond motifs is 1. The van der Waals surface area contributed by atoms with Crippen molar-refractivity contribution in [3.63, 3.8) is 0 Å². The van der Waals surface area contributed by atoms with Gasteiger partial charge in [0.05, 0.1) is 0 Å². The van der Waals surface area contributed by atoms with Crippen LogP contribution in [0.15, 0.2) is 77.7 Å². The van der Waals surface area contributed by atoms with Crippen molar-refractivity contribution in [2.24, 2.45) is 0 Å². The molecule has 0 atom stereocenters. The number of rotatable bonds is 1. The first-order valence-corrected chi connectivity index (χ1v) is 8.40. The lowest BCUT2D eigenvalue weighted by Gasteiger charge is -2.11. The monoisotopic (exact) mass is 312 g/mol. The Bertz CT molecular complexity index is 1110. The first kappa shape index (κ1) is 12.9. The molecular formula is C21H12OS. The van der Waals surface area contributed by atoms with Gasteiger partial charge < -0.3 is 0 Å². The van der Waals surface area contributed by atoms with Crippen LogP contribution in [0.1, 0.15) is 10.4 Å². The highest BCUT2D eigenvalue weighted by Crippen LogP contribution is 2.44. The molecule has 0 aromatic heterocycles. The molecule has 0 saturated carbocycles. The fraction of sp³-hybridized carbons (Fsp3) is 0. The van der Waals surface area contributed by atoms with E-state index in [2.05, 4.69) is 60.7 Å². The Morgan fingerprint density at radius 1 is 0.609 bits per heavy atom. The Labute approximate surface area is 137 Å². The number of hydrogen-bond acceptors (Lipinski definition) is 2. The molecule has 0 aliphatic carbocycles. The zero-order valence-electron chi connectivity index (χ0n) is 12.2. The second-order valence-corrected chi connectivity index (χ2v) is 6.77. The molecule has 0 bridgehead atoms. The molecule has 0 radical (unpaired) electrons. The van der Waals surface area contributed by atoms with Gasteiger partial charge >= 0.3 is 0 Å². The van der Waals surface area contributed by atoms with Crippen LogP contribution in [-0.2, 0) is 0 Å². The van der Waals surface area contributed by atoms with Gasteiger partial charge in [-0.3, -0.25) is 4.79 Å². The maximum atomic E-state index is 12.2. The van der Waals surface area contributed by atoms with Crippen molar-refractivity contribution in [1.82, 2.24) is 0 Å². The lowest BCUT2D eigenvalue weighted by molar-refractivity contribution is 0.109. The Morgan fingerprint density at radius 3 is 2.26 bits per heavy atom. The third-order valence-corrected chi connectivity index (χ3v) is 5.47. The molecule has 5 rings (SSSR count). The predicted octanol–water partition coefficient (Wildman–Crippen LogP) is 5.91. The molecule has 0 spiro atoms. The quantitative estimate of drug-likeness (QED) is 0.435. The summed E-state index contributed by atoms with van der Waals surface area (Å²) in [6.07, 6.45) is 0. The van der Waals surface area contributed by atoms with Crippen molar-refractivity contribution in [1.29, 1.82) is 0 Å². The van der Waals surface area contributed by atoms with Crippen molar-refractivity contribution in [2.45, 2.75) is 4.90 Å². The molecule has 2 heteroatoms. The van der Waals surface area contributed by atoms with E-state index in [0.29, 0.717) is 0 Å². The molecule has 23 heavy (non-hydrogen) atoms. The Morgan fingerprint density at radius 2 is 1.30 bits per heavy atom. The van der Waals surface area contributed by atoms with Crippen molar-refractivity contribution < 1.29 is 4.79 Å². The summed E-state index contributed by atoms with van der Waals surface area (Å²) in [4.78, 5) is 13.2. The van der Waals surface area contributed by atoms with Crippen molar-refractivity contribution in [3.05, 3.63) is 78.4 Å². The normalized spacial score (nSPS) is 13.1. The predicted molar refractivity (Wildman–Crippen MR) is 97.1 cm³/mol. The fourth-order valence-electron chi connectivity index (χ4n) is 3.48. The van der Waals surface area contributed by atoms with E-state index in [-0.39, 0.29) is 5.12 Å². The summed E-state index contributed by atoms with van der Waals surface area (Å²) in [5.41, 5.74) is 3.25. The zero-order chi connectivity index (χ0) is 15.4. The minimum absolute atomic E-state index is 0.153. The Kier molecular flexibility index (Phi) is 2.64. The molecule has 0 fully saturated rings. The van der Waals surface area contributed by atoms with E-state index in [1.807, 2.05) is 12.1 Å². The van der Waals surface area contributed by atoms with Gasteiger partial charge in [-0.05, 0) is 51.2 Å². The molecule has 0 amide bonds. The van der Waals surface area contributed by atoms with Crippen LogP contribution in [0.4, 0.5) is 0 Å². The third kappa shape index (κ3) is 1.79. The van der Waals surface area contributed by atoms with Crippen LogP contribution in [-0.4, -0.2) is 5.12 Å². The van der Waals surface area contributed by atoms with E-state index in [4.69, 9.17) is 0 Å². The highest BCUT2D eigenvalue weighted by atomic mass is 32.2. The highest BCUT2D eigenvalue weighted by Gasteiger charge is 2.24. The number of hydrogen-bond donors (Lipinski definition) is 0. The molecule has 0 unspecified atom stereocenters. The number of benzene rings is 4. The summed E-state index contributed by atoms with van der Waals surface area (Å²) in [6.45, 7) is 0. The Balaban J connectivity index is 1.92. The zero-order valence-corrected chi connectivity index (χ0v) is 13.1. The van der Waals surface area contributed by atoms with Crippen molar-refractivity contribution in [3.8, 4) is 11.1 Å². The van der Waals surface area contributed by atoms with Gasteiger partial charge in [0.25, 0.3) is 0 Å². The van der Waals surface area contributed by atoms with Crippen LogP contribution >= 0.6 is 11.8 Å². The van der Waals surface area contributed by atoms with Gasteiger partial charge in [0.15, 0.2) is 0 Å². The summed E-state index contributed by atoms with van der Waals surface area (Å²) >= 11 is 1.34. The summed E-state index contributed by atoms with van der Waals surface area (Å²) in [6, 6.07) is 25.1. The Hall–Kier alpha value is -2.58. The van der Waals surface area contributed by atoms with Crippen LogP contribution in [0.2, 0.25) is 0 Å². The maximum absolute atomic E-state index is 12.2. The van der Waals surface area contributed by atoms with Crippen LogP contribution in [0.3, 0.4) is 0 Å². The number of thioether (sulfide) groups is 1. The van der Waals surface area contributed by atoms with E-state index < -0.39 is 0 Å². The van der Waals surface area contributed by atoms with Crippen LogP contribution in [0.5, 0.6) is 0 Å². The summed E-state index contributed by atoms with van der Waals surface area (Å²) in [5.74, 6) is 0. The third-order valence-electron chi connectivity index (χ3n) is 4.50. The summed E-state index contributed by atoms with van der Waals surface area (Å²) in [7, 11) is 0. The molecule has 0 N–H and O–H groups in total. The lowest BCUT2D eigenvalue weighted by atomic mass is 9.93. The molecule has 0 saturated heterocycles. The van der Waals surface area contributed by atoms with Gasteiger partial charge in [0.2, 0.25) is 5.12 Å². The van der Waals surface area contributed by atoms with E-state index in [0.717, 1.165) is 21.2 Å². The van der Waals surface area contributed by atoms with Gasteiger partial charge in [-0.2, -0.15) is 0 Å². The summed E-state index contributed by atoms with van der Waals surface area (Å²) in [5, 5.41) is 4.90. The van der Waals surface area contributed by atoms with Crippen LogP contribution in [0.25, 0.3) is 32.7 Å². The smallest absolute Gasteiger partial charge is 0.224 e. The molecule has 1 nitrogen and oxygen atoms in total. The second-order valence-electron chi connectivity index (χ2n) is 5.76. The SMILES string of the molecule is O=C1Sc2ccc(-c3cccc4ccccc34)c3cccc1c23. The van der Waals surface area contributed by atoms with Gasteiger partial charge in [-0.25, -0.2) is 0 Å². The van der Waals surface area contributed by atoms with Crippen LogP contribution < -0.4 is 0 Å². The van der Waals surface area contributed by atoms with E-state index in [1.165, 1.54) is 33.7 Å². The number of carbonyl (C=O) groups excluding carboxylic acids is 1. The highest BCUT2D eigenvalue weighted by molar-refractivity contribution is 8.14. The molecular weight excluding hydrogens is 300 g/mol. The molecule has 1 heterocycles. The van der Waals surface area contributed by atoms with Gasteiger partial charge in [-0.1, -0.05) is 60.7 Å². The molecule has 108 valence electrons.